The molecule has 0 saturated heterocycles. The summed E-state index contributed by atoms with van der Waals surface area (Å²) < 4.78 is 0. The van der Waals surface area contributed by atoms with E-state index in [1.807, 2.05) is 37.3 Å². The lowest BCUT2D eigenvalue weighted by atomic mass is 10.1. The standard InChI is InChI=1S/C14H17N5O/c1-10(7-11-5-3-2-4-6-11)18-14(20)12-8-17-13(19-15)9-16-12/h2-6,8-10H,7,15H2,1H3,(H,17,19)(H,18,20). The molecule has 0 fully saturated rings. The molecule has 0 aliphatic heterocycles. The monoisotopic (exact) mass is 271 g/mol. The number of nitrogens with one attached hydrogen (secondary N) is 2. The number of carbonyl (C=O) groups excluding carboxylic acids is 1. The molecule has 1 aromatic carbocycles. The van der Waals surface area contributed by atoms with E-state index in [2.05, 4.69) is 20.7 Å². The molecule has 1 aromatic heterocycles. The molecule has 0 radical (unpaired) electrons. The Morgan fingerprint density at radius 2 is 2.00 bits per heavy atom. The van der Waals surface area contributed by atoms with Gasteiger partial charge < -0.3 is 10.7 Å². The highest BCUT2D eigenvalue weighted by Crippen LogP contribution is 2.04. The molecule has 1 atom stereocenters. The molecular formula is C14H17N5O. The van der Waals surface area contributed by atoms with Crippen molar-refractivity contribution in [2.75, 3.05) is 5.43 Å². The lowest BCUT2D eigenvalue weighted by molar-refractivity contribution is 0.0934. The number of amides is 1. The summed E-state index contributed by atoms with van der Waals surface area (Å²) in [6.45, 7) is 1.95. The van der Waals surface area contributed by atoms with Crippen molar-refractivity contribution in [2.45, 2.75) is 19.4 Å². The number of anilines is 1. The lowest BCUT2D eigenvalue weighted by Crippen LogP contribution is -2.34. The van der Waals surface area contributed by atoms with Crippen LogP contribution in [0, 0.1) is 0 Å². The second-order valence-corrected chi connectivity index (χ2v) is 4.50. The summed E-state index contributed by atoms with van der Waals surface area (Å²) in [5.74, 6) is 5.36. The number of benzene rings is 1. The third-order valence-corrected chi connectivity index (χ3v) is 2.79. The molecule has 6 heteroatoms. The predicted molar refractivity (Wildman–Crippen MR) is 76.9 cm³/mol. The number of carbonyl (C=O) groups is 1. The smallest absolute Gasteiger partial charge is 0.271 e. The van der Waals surface area contributed by atoms with E-state index in [4.69, 9.17) is 5.84 Å². The third-order valence-electron chi connectivity index (χ3n) is 2.79. The van der Waals surface area contributed by atoms with Gasteiger partial charge in [0.1, 0.15) is 5.69 Å². The van der Waals surface area contributed by atoms with Crippen LogP contribution >= 0.6 is 0 Å². The molecule has 4 N–H and O–H groups in total. The van der Waals surface area contributed by atoms with E-state index < -0.39 is 0 Å². The van der Waals surface area contributed by atoms with E-state index in [1.165, 1.54) is 18.0 Å². The maximum absolute atomic E-state index is 12.0. The van der Waals surface area contributed by atoms with Gasteiger partial charge in [-0.2, -0.15) is 0 Å². The van der Waals surface area contributed by atoms with Gasteiger partial charge >= 0.3 is 0 Å². The third kappa shape index (κ3) is 3.76. The number of nitrogens with two attached hydrogens (primary N) is 1. The van der Waals surface area contributed by atoms with Crippen LogP contribution in [0.4, 0.5) is 5.82 Å². The van der Waals surface area contributed by atoms with Gasteiger partial charge in [0.25, 0.3) is 5.91 Å². The summed E-state index contributed by atoms with van der Waals surface area (Å²) in [7, 11) is 0. The highest BCUT2D eigenvalue weighted by molar-refractivity contribution is 5.92. The predicted octanol–water partition coefficient (Wildman–Crippen LogP) is 1.12. The van der Waals surface area contributed by atoms with Crippen molar-refractivity contribution in [2.24, 2.45) is 5.84 Å². The van der Waals surface area contributed by atoms with E-state index >= 15 is 0 Å². The fourth-order valence-corrected chi connectivity index (χ4v) is 1.84. The number of hydrogen-bond donors (Lipinski definition) is 3. The summed E-state index contributed by atoms with van der Waals surface area (Å²) in [6.07, 6.45) is 3.57. The Balaban J connectivity index is 1.93. The van der Waals surface area contributed by atoms with E-state index in [1.54, 1.807) is 0 Å². The van der Waals surface area contributed by atoms with E-state index in [0.29, 0.717) is 5.82 Å². The minimum absolute atomic E-state index is 0.0130. The first-order valence-electron chi connectivity index (χ1n) is 6.32. The van der Waals surface area contributed by atoms with Gasteiger partial charge in [0.15, 0.2) is 5.82 Å². The van der Waals surface area contributed by atoms with Gasteiger partial charge in [-0.15, -0.1) is 0 Å². The van der Waals surface area contributed by atoms with Crippen molar-refractivity contribution in [3.8, 4) is 0 Å². The molecule has 0 bridgehead atoms. The fraction of sp³-hybridized carbons (Fsp3) is 0.214. The van der Waals surface area contributed by atoms with Crippen LogP contribution in [0.3, 0.4) is 0 Å². The zero-order valence-electron chi connectivity index (χ0n) is 11.2. The number of hydrazine groups is 1. The molecule has 6 nitrogen and oxygen atoms in total. The molecule has 0 aliphatic carbocycles. The second kappa shape index (κ2) is 6.63. The first kappa shape index (κ1) is 14.0. The summed E-state index contributed by atoms with van der Waals surface area (Å²) in [5.41, 5.74) is 3.80. The quantitative estimate of drug-likeness (QED) is 0.560. The summed E-state index contributed by atoms with van der Waals surface area (Å²) in [5, 5.41) is 2.89. The van der Waals surface area contributed by atoms with Crippen molar-refractivity contribution in [3.63, 3.8) is 0 Å². The van der Waals surface area contributed by atoms with Crippen molar-refractivity contribution < 1.29 is 4.79 Å². The van der Waals surface area contributed by atoms with E-state index in [-0.39, 0.29) is 17.6 Å². The molecule has 0 aliphatic rings. The Morgan fingerprint density at radius 1 is 1.25 bits per heavy atom. The van der Waals surface area contributed by atoms with Crippen LogP contribution in [-0.2, 0) is 6.42 Å². The Kier molecular flexibility index (Phi) is 4.62. The number of nitrogens with zero attached hydrogens (tertiary/aromatic N) is 2. The lowest BCUT2D eigenvalue weighted by Gasteiger charge is -2.13. The highest BCUT2D eigenvalue weighted by atomic mass is 16.1. The minimum Gasteiger partial charge on any atom is -0.348 e. The number of nitrogen functional groups attached to an aromatic ring is 1. The van der Waals surface area contributed by atoms with Gasteiger partial charge in [-0.25, -0.2) is 15.8 Å². The summed E-state index contributed by atoms with van der Waals surface area (Å²) >= 11 is 0. The number of aromatic nitrogens is 2. The highest BCUT2D eigenvalue weighted by Gasteiger charge is 2.11. The molecule has 0 spiro atoms. The van der Waals surface area contributed by atoms with Gasteiger partial charge in [-0.1, -0.05) is 30.3 Å². The molecular weight excluding hydrogens is 254 g/mol. The fourth-order valence-electron chi connectivity index (χ4n) is 1.84. The molecule has 1 unspecified atom stereocenters. The average Bonchev–Trinajstić information content (AvgIpc) is 2.48. The maximum Gasteiger partial charge on any atom is 0.271 e. The van der Waals surface area contributed by atoms with Gasteiger partial charge in [-0.05, 0) is 18.9 Å². The molecule has 2 rings (SSSR count). The molecule has 0 saturated carbocycles. The van der Waals surface area contributed by atoms with Crippen LogP contribution < -0.4 is 16.6 Å². The van der Waals surface area contributed by atoms with Crippen molar-refractivity contribution in [3.05, 3.63) is 54.0 Å². The zero-order valence-corrected chi connectivity index (χ0v) is 11.2. The Bertz CT molecular complexity index is 556. The van der Waals surface area contributed by atoms with E-state index in [9.17, 15) is 4.79 Å². The Hall–Kier alpha value is -2.47. The molecule has 104 valence electrons. The van der Waals surface area contributed by atoms with Crippen molar-refractivity contribution >= 4 is 11.7 Å². The van der Waals surface area contributed by atoms with Crippen molar-refractivity contribution in [1.82, 2.24) is 15.3 Å². The van der Waals surface area contributed by atoms with Gasteiger partial charge in [0.05, 0.1) is 12.4 Å². The van der Waals surface area contributed by atoms with Crippen LogP contribution in [0.2, 0.25) is 0 Å². The maximum atomic E-state index is 12.0. The summed E-state index contributed by atoms with van der Waals surface area (Å²) in [4.78, 5) is 19.9. The van der Waals surface area contributed by atoms with Crippen molar-refractivity contribution in [1.29, 1.82) is 0 Å². The molecule has 1 amide bonds. The molecule has 2 aromatic rings. The van der Waals surface area contributed by atoms with Crippen LogP contribution in [-0.4, -0.2) is 21.9 Å². The minimum atomic E-state index is -0.246. The van der Waals surface area contributed by atoms with Gasteiger partial charge in [0.2, 0.25) is 0 Å². The topological polar surface area (TPSA) is 92.9 Å². The first-order valence-corrected chi connectivity index (χ1v) is 6.32. The van der Waals surface area contributed by atoms with Gasteiger partial charge in [-0.3, -0.25) is 4.79 Å². The van der Waals surface area contributed by atoms with Crippen LogP contribution in [0.1, 0.15) is 23.0 Å². The normalized spacial score (nSPS) is 11.7. The molecule has 1 heterocycles. The second-order valence-electron chi connectivity index (χ2n) is 4.50. The van der Waals surface area contributed by atoms with Gasteiger partial charge in [0, 0.05) is 6.04 Å². The largest absolute Gasteiger partial charge is 0.348 e. The van der Waals surface area contributed by atoms with Crippen LogP contribution in [0.5, 0.6) is 0 Å². The average molecular weight is 271 g/mol. The van der Waals surface area contributed by atoms with Crippen LogP contribution in [0.25, 0.3) is 0 Å². The zero-order chi connectivity index (χ0) is 14.4. The number of hydrogen-bond acceptors (Lipinski definition) is 5. The number of rotatable bonds is 5. The molecule has 20 heavy (non-hydrogen) atoms. The van der Waals surface area contributed by atoms with Crippen LogP contribution in [0.15, 0.2) is 42.7 Å². The Labute approximate surface area is 117 Å². The van der Waals surface area contributed by atoms with E-state index in [0.717, 1.165) is 6.42 Å². The first-order chi connectivity index (χ1) is 9.69. The Morgan fingerprint density at radius 3 is 2.60 bits per heavy atom. The SMILES string of the molecule is CC(Cc1ccccc1)NC(=O)c1cnc(NN)cn1. The summed E-state index contributed by atoms with van der Waals surface area (Å²) in [6, 6.07) is 10.0.